The number of hydrogen-bond acceptors (Lipinski definition) is 1. The Morgan fingerprint density at radius 2 is 1.95 bits per heavy atom. The third-order valence-corrected chi connectivity index (χ3v) is 3.86. The summed E-state index contributed by atoms with van der Waals surface area (Å²) in [7, 11) is 0. The second-order valence-electron chi connectivity index (χ2n) is 5.85. The van der Waals surface area contributed by atoms with Gasteiger partial charge in [-0.3, -0.25) is 4.98 Å². The molecule has 2 nitrogen and oxygen atoms in total. The Balaban J connectivity index is 1.90. The van der Waals surface area contributed by atoms with Crippen LogP contribution in [0.1, 0.15) is 23.6 Å². The summed E-state index contributed by atoms with van der Waals surface area (Å²) in [5.41, 5.74) is 6.86. The van der Waals surface area contributed by atoms with Crippen LogP contribution in [0.3, 0.4) is 0 Å². The van der Waals surface area contributed by atoms with Gasteiger partial charge in [0.1, 0.15) is 0 Å². The maximum Gasteiger partial charge on any atom is 0.0525 e. The topological polar surface area (TPSA) is 17.8 Å². The predicted molar refractivity (Wildman–Crippen MR) is 94.7 cm³/mol. The molecule has 1 aromatic carbocycles. The highest BCUT2D eigenvalue weighted by molar-refractivity contribution is 5.86. The van der Waals surface area contributed by atoms with Gasteiger partial charge in [-0.2, -0.15) is 0 Å². The van der Waals surface area contributed by atoms with E-state index in [1.807, 2.05) is 19.3 Å². The average Bonchev–Trinajstić information content (AvgIpc) is 2.90. The van der Waals surface area contributed by atoms with Crippen molar-refractivity contribution in [2.24, 2.45) is 0 Å². The van der Waals surface area contributed by atoms with Gasteiger partial charge in [-0.05, 0) is 60.7 Å². The summed E-state index contributed by atoms with van der Waals surface area (Å²) in [5.74, 6) is 0. The number of benzene rings is 1. The van der Waals surface area contributed by atoms with Crippen molar-refractivity contribution >= 4 is 22.2 Å². The first kappa shape index (κ1) is 14.3. The van der Waals surface area contributed by atoms with E-state index in [9.17, 15) is 0 Å². The summed E-state index contributed by atoms with van der Waals surface area (Å²) in [6, 6.07) is 10.7. The second-order valence-corrected chi connectivity index (χ2v) is 5.85. The fourth-order valence-corrected chi connectivity index (χ4v) is 2.76. The third kappa shape index (κ3) is 2.73. The summed E-state index contributed by atoms with van der Waals surface area (Å²) in [6.45, 7) is 12.3. The van der Waals surface area contributed by atoms with Gasteiger partial charge in [-0.15, -0.1) is 0 Å². The van der Waals surface area contributed by atoms with Crippen LogP contribution in [-0.2, 0) is 6.42 Å². The van der Waals surface area contributed by atoms with Crippen LogP contribution in [0.2, 0.25) is 0 Å². The van der Waals surface area contributed by atoms with Crippen molar-refractivity contribution in [2.75, 3.05) is 0 Å². The monoisotopic (exact) mass is 288 g/mol. The number of aromatic nitrogens is 2. The molecule has 0 radical (unpaired) electrons. The first-order valence-corrected chi connectivity index (χ1v) is 7.40. The maximum absolute atomic E-state index is 4.25. The summed E-state index contributed by atoms with van der Waals surface area (Å²) >= 11 is 0. The molecular formula is C20H20N2. The zero-order valence-corrected chi connectivity index (χ0v) is 13.1. The lowest BCUT2D eigenvalue weighted by Crippen LogP contribution is -1.93. The van der Waals surface area contributed by atoms with Crippen LogP contribution < -0.4 is 0 Å². The Bertz CT molecular complexity index is 868. The zero-order chi connectivity index (χ0) is 15.7. The highest BCUT2D eigenvalue weighted by Gasteiger charge is 2.06. The van der Waals surface area contributed by atoms with Gasteiger partial charge in [-0.25, -0.2) is 0 Å². The molecule has 0 saturated carbocycles. The summed E-state index contributed by atoms with van der Waals surface area (Å²) < 4.78 is 2.10. The van der Waals surface area contributed by atoms with Gasteiger partial charge >= 0.3 is 0 Å². The van der Waals surface area contributed by atoms with E-state index in [0.717, 1.165) is 17.7 Å². The smallest absolute Gasteiger partial charge is 0.0525 e. The largest absolute Gasteiger partial charge is 0.321 e. The standard InChI is InChI=1S/C20H20N2/c1-14(2)22-8-7-19-11-18(5-6-20(19)22)16(4)10-17-9-15(3)12-21-13-17/h5-9,11-13H,1,4,10H2,2-3H3. The number of allylic oxidation sites excluding steroid dienone is 2. The van der Waals surface area contributed by atoms with Crippen LogP contribution in [-0.4, -0.2) is 9.55 Å². The van der Waals surface area contributed by atoms with E-state index in [0.29, 0.717) is 0 Å². The minimum Gasteiger partial charge on any atom is -0.321 e. The van der Waals surface area contributed by atoms with E-state index in [-0.39, 0.29) is 0 Å². The molecule has 0 amide bonds. The lowest BCUT2D eigenvalue weighted by molar-refractivity contribution is 1.15. The zero-order valence-electron chi connectivity index (χ0n) is 13.1. The first-order valence-electron chi connectivity index (χ1n) is 7.40. The predicted octanol–water partition coefficient (Wildman–Crippen LogP) is 5.09. The minimum atomic E-state index is 0.821. The van der Waals surface area contributed by atoms with Crippen LogP contribution in [0.25, 0.3) is 22.2 Å². The molecule has 2 aromatic heterocycles. The normalized spacial score (nSPS) is 10.8. The molecule has 0 aliphatic heterocycles. The molecule has 0 atom stereocenters. The maximum atomic E-state index is 4.25. The molecule has 110 valence electrons. The fourth-order valence-electron chi connectivity index (χ4n) is 2.76. The van der Waals surface area contributed by atoms with Gasteiger partial charge in [-0.1, -0.05) is 25.3 Å². The van der Waals surface area contributed by atoms with Gasteiger partial charge in [0.15, 0.2) is 0 Å². The van der Waals surface area contributed by atoms with Crippen LogP contribution >= 0.6 is 0 Å². The number of nitrogens with zero attached hydrogens (tertiary/aromatic N) is 2. The SMILES string of the molecule is C=C(Cc1cncc(C)c1)c1ccc2c(ccn2C(=C)C)c1. The molecule has 0 N–H and O–H groups in total. The first-order chi connectivity index (χ1) is 10.5. The number of aryl methyl sites for hydroxylation is 1. The van der Waals surface area contributed by atoms with Crippen molar-refractivity contribution in [1.82, 2.24) is 9.55 Å². The minimum absolute atomic E-state index is 0.821. The Kier molecular flexibility index (Phi) is 3.68. The number of rotatable bonds is 4. The Labute approximate surface area is 131 Å². The van der Waals surface area contributed by atoms with E-state index < -0.39 is 0 Å². The highest BCUT2D eigenvalue weighted by Crippen LogP contribution is 2.25. The lowest BCUT2D eigenvalue weighted by Gasteiger charge is -2.08. The molecule has 0 fully saturated rings. The summed E-state index contributed by atoms with van der Waals surface area (Å²) in [6.07, 6.45) is 6.66. The Morgan fingerprint density at radius 1 is 1.14 bits per heavy atom. The van der Waals surface area contributed by atoms with Gasteiger partial charge in [0, 0.05) is 29.7 Å². The van der Waals surface area contributed by atoms with Crippen molar-refractivity contribution in [3.8, 4) is 0 Å². The molecule has 0 unspecified atom stereocenters. The van der Waals surface area contributed by atoms with Gasteiger partial charge < -0.3 is 4.57 Å². The molecule has 22 heavy (non-hydrogen) atoms. The molecule has 0 aliphatic rings. The van der Waals surface area contributed by atoms with Crippen molar-refractivity contribution in [3.05, 3.63) is 78.8 Å². The van der Waals surface area contributed by atoms with Crippen LogP contribution in [0.4, 0.5) is 0 Å². The van der Waals surface area contributed by atoms with E-state index >= 15 is 0 Å². The lowest BCUT2D eigenvalue weighted by atomic mass is 9.99. The van der Waals surface area contributed by atoms with Gasteiger partial charge in [0.05, 0.1) is 5.52 Å². The van der Waals surface area contributed by atoms with E-state index in [4.69, 9.17) is 0 Å². The summed E-state index contributed by atoms with van der Waals surface area (Å²) in [4.78, 5) is 4.25. The van der Waals surface area contributed by atoms with Gasteiger partial charge in [0.25, 0.3) is 0 Å². The Morgan fingerprint density at radius 3 is 2.68 bits per heavy atom. The Hall–Kier alpha value is -2.61. The molecule has 3 aromatic rings. The molecule has 0 spiro atoms. The average molecular weight is 288 g/mol. The molecule has 0 bridgehead atoms. The molecule has 0 saturated heterocycles. The van der Waals surface area contributed by atoms with E-state index in [1.54, 1.807) is 0 Å². The molecule has 2 heterocycles. The summed E-state index contributed by atoms with van der Waals surface area (Å²) in [5, 5.41) is 1.21. The number of hydrogen-bond donors (Lipinski definition) is 0. The van der Waals surface area contributed by atoms with E-state index in [1.165, 1.54) is 27.6 Å². The van der Waals surface area contributed by atoms with Gasteiger partial charge in [0.2, 0.25) is 0 Å². The molecule has 0 aliphatic carbocycles. The van der Waals surface area contributed by atoms with Crippen molar-refractivity contribution in [1.29, 1.82) is 0 Å². The van der Waals surface area contributed by atoms with Crippen LogP contribution in [0.15, 0.2) is 62.1 Å². The third-order valence-electron chi connectivity index (χ3n) is 3.86. The van der Waals surface area contributed by atoms with Crippen LogP contribution in [0.5, 0.6) is 0 Å². The quantitative estimate of drug-likeness (QED) is 0.653. The van der Waals surface area contributed by atoms with Crippen molar-refractivity contribution in [2.45, 2.75) is 20.3 Å². The molecular weight excluding hydrogens is 268 g/mol. The van der Waals surface area contributed by atoms with Crippen molar-refractivity contribution in [3.63, 3.8) is 0 Å². The molecule has 2 heteroatoms. The highest BCUT2D eigenvalue weighted by atomic mass is 15.0. The second kappa shape index (κ2) is 5.64. The van der Waals surface area contributed by atoms with Crippen molar-refractivity contribution < 1.29 is 0 Å². The van der Waals surface area contributed by atoms with Crippen LogP contribution in [0, 0.1) is 6.92 Å². The fraction of sp³-hybridized carbons (Fsp3) is 0.150. The number of pyridine rings is 1. The molecule has 3 rings (SSSR count). The van der Waals surface area contributed by atoms with E-state index in [2.05, 4.69) is 66.2 Å². The number of fused-ring (bicyclic) bond motifs is 1.